The SMILES string of the molecule is Cc1c(C#N)sc(N=Nc2c(NCCOCCO)nc(N)c(C#N)c2C)c1C#N. The van der Waals surface area contributed by atoms with Crippen LogP contribution in [0.1, 0.15) is 27.1 Å². The van der Waals surface area contributed by atoms with Crippen LogP contribution in [0.3, 0.4) is 0 Å². The van der Waals surface area contributed by atoms with Crippen molar-refractivity contribution >= 4 is 33.7 Å². The zero-order valence-corrected chi connectivity index (χ0v) is 16.7. The van der Waals surface area contributed by atoms with Gasteiger partial charge in [0.1, 0.15) is 34.6 Å². The fraction of sp³-hybridized carbons (Fsp3) is 0.333. The Balaban J connectivity index is 2.43. The molecular formula is C18H18N8O2S. The number of aromatic nitrogens is 1. The Bertz CT molecular complexity index is 1060. The Morgan fingerprint density at radius 1 is 1.10 bits per heavy atom. The Morgan fingerprint density at radius 2 is 1.83 bits per heavy atom. The molecule has 0 fully saturated rings. The number of nitriles is 3. The summed E-state index contributed by atoms with van der Waals surface area (Å²) in [5.41, 5.74) is 7.66. The van der Waals surface area contributed by atoms with Crippen LogP contribution < -0.4 is 11.1 Å². The summed E-state index contributed by atoms with van der Waals surface area (Å²) < 4.78 is 5.19. The van der Waals surface area contributed by atoms with Gasteiger partial charge in [-0.3, -0.25) is 0 Å². The van der Waals surface area contributed by atoms with Gasteiger partial charge in [0.2, 0.25) is 0 Å². The highest BCUT2D eigenvalue weighted by molar-refractivity contribution is 7.16. The summed E-state index contributed by atoms with van der Waals surface area (Å²) in [5, 5.41) is 48.3. The molecule has 2 rings (SSSR count). The zero-order valence-electron chi connectivity index (χ0n) is 15.9. The number of aliphatic hydroxyl groups excluding tert-OH is 1. The minimum absolute atomic E-state index is 0.0548. The van der Waals surface area contributed by atoms with Crippen molar-refractivity contribution in [2.75, 3.05) is 37.4 Å². The number of nitrogen functional groups attached to an aromatic ring is 1. The summed E-state index contributed by atoms with van der Waals surface area (Å²) in [6.07, 6.45) is 0. The van der Waals surface area contributed by atoms with Gasteiger partial charge in [0, 0.05) is 12.1 Å². The van der Waals surface area contributed by atoms with Crippen LogP contribution in [0.15, 0.2) is 10.2 Å². The molecule has 11 heteroatoms. The van der Waals surface area contributed by atoms with E-state index >= 15 is 0 Å². The Labute approximate surface area is 171 Å². The second kappa shape index (κ2) is 10.1. The van der Waals surface area contributed by atoms with Gasteiger partial charge in [0.05, 0.1) is 30.9 Å². The van der Waals surface area contributed by atoms with Crippen molar-refractivity contribution in [1.82, 2.24) is 4.98 Å². The lowest BCUT2D eigenvalue weighted by Crippen LogP contribution is -2.13. The van der Waals surface area contributed by atoms with E-state index in [1.54, 1.807) is 13.8 Å². The van der Waals surface area contributed by atoms with E-state index in [0.717, 1.165) is 11.3 Å². The topological polar surface area (TPSA) is 176 Å². The van der Waals surface area contributed by atoms with Crippen LogP contribution in [0.5, 0.6) is 0 Å². The minimum Gasteiger partial charge on any atom is -0.394 e. The fourth-order valence-corrected chi connectivity index (χ4v) is 3.29. The van der Waals surface area contributed by atoms with Crippen molar-refractivity contribution in [3.63, 3.8) is 0 Å². The lowest BCUT2D eigenvalue weighted by atomic mass is 10.1. The van der Waals surface area contributed by atoms with Gasteiger partial charge in [-0.2, -0.15) is 15.8 Å². The van der Waals surface area contributed by atoms with E-state index in [9.17, 15) is 10.5 Å². The molecule has 0 aliphatic heterocycles. The summed E-state index contributed by atoms with van der Waals surface area (Å²) in [6.45, 7) is 4.16. The first kappa shape index (κ1) is 21.7. The third-order valence-corrected chi connectivity index (χ3v) is 4.99. The number of rotatable bonds is 8. The van der Waals surface area contributed by atoms with E-state index in [1.807, 2.05) is 18.2 Å². The molecule has 0 aliphatic rings. The van der Waals surface area contributed by atoms with Crippen molar-refractivity contribution in [1.29, 1.82) is 15.8 Å². The summed E-state index contributed by atoms with van der Waals surface area (Å²) in [4.78, 5) is 4.58. The van der Waals surface area contributed by atoms with Crippen molar-refractivity contribution in [3.8, 4) is 18.2 Å². The molecule has 0 radical (unpaired) electrons. The van der Waals surface area contributed by atoms with Crippen LogP contribution >= 0.6 is 11.3 Å². The predicted octanol–water partition coefficient (Wildman–Crippen LogP) is 2.79. The van der Waals surface area contributed by atoms with Crippen LogP contribution in [-0.2, 0) is 4.74 Å². The molecule has 10 nitrogen and oxygen atoms in total. The molecular weight excluding hydrogens is 392 g/mol. The standard InChI is InChI=1S/C18H18N8O2S/c1-10-13(8-20)18(29-14(10)9-21)26-25-15-11(2)12(7-19)16(22)24-17(15)23-3-5-28-6-4-27/h27H,3-6H2,1-2H3,(H3,22,23,24). The van der Waals surface area contributed by atoms with E-state index in [2.05, 4.69) is 20.5 Å². The zero-order chi connectivity index (χ0) is 21.4. The number of hydrogen-bond acceptors (Lipinski definition) is 11. The Kier molecular flexibility index (Phi) is 7.58. The predicted molar refractivity (Wildman–Crippen MR) is 107 cm³/mol. The second-order valence-corrected chi connectivity index (χ2v) is 6.73. The van der Waals surface area contributed by atoms with Gasteiger partial charge in [-0.15, -0.1) is 21.6 Å². The summed E-state index contributed by atoms with van der Waals surface area (Å²) >= 11 is 1.06. The van der Waals surface area contributed by atoms with E-state index in [0.29, 0.717) is 45.7 Å². The average Bonchev–Trinajstić information content (AvgIpc) is 3.02. The highest BCUT2D eigenvalue weighted by atomic mass is 32.1. The number of pyridine rings is 1. The van der Waals surface area contributed by atoms with Gasteiger partial charge in [-0.05, 0) is 19.4 Å². The van der Waals surface area contributed by atoms with Crippen LogP contribution in [0.25, 0.3) is 0 Å². The maximum atomic E-state index is 9.35. The molecule has 0 amide bonds. The van der Waals surface area contributed by atoms with Gasteiger partial charge in [-0.25, -0.2) is 4.98 Å². The molecule has 2 aromatic heterocycles. The molecule has 0 saturated carbocycles. The number of aliphatic hydroxyl groups is 1. The number of nitrogens with one attached hydrogen (secondary N) is 1. The Hall–Kier alpha value is -3.56. The highest BCUT2D eigenvalue weighted by Gasteiger charge is 2.18. The summed E-state index contributed by atoms with van der Waals surface area (Å²) in [5.74, 6) is 0.363. The number of azo groups is 1. The first-order valence-corrected chi connectivity index (χ1v) is 9.28. The number of anilines is 2. The molecule has 0 aliphatic carbocycles. The number of thiophene rings is 1. The monoisotopic (exact) mass is 410 g/mol. The number of nitrogens with zero attached hydrogens (tertiary/aromatic N) is 6. The molecule has 0 saturated heterocycles. The van der Waals surface area contributed by atoms with Gasteiger partial charge >= 0.3 is 0 Å². The van der Waals surface area contributed by atoms with Gasteiger partial charge in [-0.1, -0.05) is 0 Å². The smallest absolute Gasteiger partial charge is 0.158 e. The maximum Gasteiger partial charge on any atom is 0.158 e. The van der Waals surface area contributed by atoms with Crippen LogP contribution in [0.2, 0.25) is 0 Å². The van der Waals surface area contributed by atoms with Crippen LogP contribution in [-0.4, -0.2) is 36.5 Å². The molecule has 148 valence electrons. The largest absolute Gasteiger partial charge is 0.394 e. The van der Waals surface area contributed by atoms with E-state index in [4.69, 9.17) is 20.8 Å². The van der Waals surface area contributed by atoms with Crippen molar-refractivity contribution < 1.29 is 9.84 Å². The van der Waals surface area contributed by atoms with Gasteiger partial charge in [0.15, 0.2) is 10.8 Å². The van der Waals surface area contributed by atoms with Crippen LogP contribution in [0.4, 0.5) is 22.3 Å². The van der Waals surface area contributed by atoms with Crippen molar-refractivity contribution in [3.05, 3.63) is 27.1 Å². The van der Waals surface area contributed by atoms with Crippen molar-refractivity contribution in [2.24, 2.45) is 10.2 Å². The quantitative estimate of drug-likeness (QED) is 0.439. The molecule has 2 heterocycles. The van der Waals surface area contributed by atoms with Crippen LogP contribution in [0, 0.1) is 47.8 Å². The molecule has 4 N–H and O–H groups in total. The maximum absolute atomic E-state index is 9.35. The first-order valence-electron chi connectivity index (χ1n) is 8.46. The Morgan fingerprint density at radius 3 is 2.45 bits per heavy atom. The number of ether oxygens (including phenoxy) is 1. The highest BCUT2D eigenvalue weighted by Crippen LogP contribution is 2.38. The summed E-state index contributed by atoms with van der Waals surface area (Å²) in [6, 6.07) is 6.06. The number of nitrogens with two attached hydrogens (primary N) is 1. The fourth-order valence-electron chi connectivity index (χ4n) is 2.41. The molecule has 0 spiro atoms. The first-order chi connectivity index (χ1) is 14.0. The van der Waals surface area contributed by atoms with E-state index in [1.165, 1.54) is 0 Å². The third-order valence-electron chi connectivity index (χ3n) is 3.91. The molecule has 0 unspecified atom stereocenters. The molecule has 2 aromatic rings. The normalized spacial score (nSPS) is 10.5. The van der Waals surface area contributed by atoms with Gasteiger partial charge in [0.25, 0.3) is 0 Å². The lowest BCUT2D eigenvalue weighted by Gasteiger charge is -2.12. The molecule has 0 bridgehead atoms. The third kappa shape index (κ3) is 4.84. The van der Waals surface area contributed by atoms with E-state index in [-0.39, 0.29) is 30.2 Å². The van der Waals surface area contributed by atoms with Crippen molar-refractivity contribution in [2.45, 2.75) is 13.8 Å². The summed E-state index contributed by atoms with van der Waals surface area (Å²) in [7, 11) is 0. The minimum atomic E-state index is -0.0766. The van der Waals surface area contributed by atoms with E-state index < -0.39 is 0 Å². The molecule has 29 heavy (non-hydrogen) atoms. The lowest BCUT2D eigenvalue weighted by molar-refractivity contribution is 0.0992. The average molecular weight is 410 g/mol. The number of hydrogen-bond donors (Lipinski definition) is 3. The van der Waals surface area contributed by atoms with Gasteiger partial charge < -0.3 is 20.9 Å². The molecule has 0 aromatic carbocycles. The second-order valence-electron chi connectivity index (χ2n) is 5.73. The molecule has 0 atom stereocenters.